The normalized spacial score (nSPS) is 18.5. The third-order valence-electron chi connectivity index (χ3n) is 8.05. The van der Waals surface area contributed by atoms with E-state index >= 15 is 0 Å². The summed E-state index contributed by atoms with van der Waals surface area (Å²) in [4.78, 5) is 12.6. The van der Waals surface area contributed by atoms with E-state index in [1.807, 2.05) is 24.3 Å². The maximum atomic E-state index is 12.6. The van der Waals surface area contributed by atoms with Crippen molar-refractivity contribution in [2.45, 2.75) is 104 Å². The number of aryl methyl sites for hydroxylation is 1. The van der Waals surface area contributed by atoms with Crippen molar-refractivity contribution >= 4 is 5.97 Å². The minimum atomic E-state index is -0.332. The maximum absolute atomic E-state index is 12.6. The summed E-state index contributed by atoms with van der Waals surface area (Å²) in [5, 5.41) is 0. The first kappa shape index (κ1) is 28.3. The molecule has 0 bridgehead atoms. The van der Waals surface area contributed by atoms with Crippen LogP contribution in [-0.4, -0.2) is 12.6 Å². The van der Waals surface area contributed by atoms with Gasteiger partial charge in [-0.05, 0) is 85.4 Å². The van der Waals surface area contributed by atoms with Crippen molar-refractivity contribution < 1.29 is 14.3 Å². The third-order valence-corrected chi connectivity index (χ3v) is 8.05. The Morgan fingerprint density at radius 3 is 2.11 bits per heavy atom. The van der Waals surface area contributed by atoms with Crippen LogP contribution in [0.25, 0.3) is 0 Å². The molecule has 0 aliphatic heterocycles. The lowest BCUT2D eigenvalue weighted by Gasteiger charge is -2.28. The predicted octanol–water partition coefficient (Wildman–Crippen LogP) is 9.43. The van der Waals surface area contributed by atoms with Gasteiger partial charge in [-0.1, -0.05) is 90.7 Å². The molecule has 36 heavy (non-hydrogen) atoms. The Bertz CT molecular complexity index is 863. The molecule has 1 fully saturated rings. The zero-order valence-corrected chi connectivity index (χ0v) is 23.0. The number of esters is 1. The van der Waals surface area contributed by atoms with E-state index in [9.17, 15) is 4.79 Å². The Morgan fingerprint density at radius 1 is 0.833 bits per heavy atom. The van der Waals surface area contributed by atoms with Crippen LogP contribution in [0.4, 0.5) is 0 Å². The van der Waals surface area contributed by atoms with Crippen molar-refractivity contribution in [3.63, 3.8) is 0 Å². The number of benzene rings is 2. The first-order valence-electron chi connectivity index (χ1n) is 14.6. The molecule has 0 heterocycles. The minimum Gasteiger partial charge on any atom is -0.494 e. The second-order valence-corrected chi connectivity index (χ2v) is 11.0. The lowest BCUT2D eigenvalue weighted by molar-refractivity contribution is 0.0734. The topological polar surface area (TPSA) is 35.5 Å². The van der Waals surface area contributed by atoms with E-state index in [1.54, 1.807) is 12.1 Å². The molecule has 3 rings (SSSR count). The van der Waals surface area contributed by atoms with Crippen molar-refractivity contribution in [2.24, 2.45) is 17.8 Å². The fraction of sp³-hybridized carbons (Fsp3) is 0.606. The molecular weight excluding hydrogens is 444 g/mol. The first-order valence-corrected chi connectivity index (χ1v) is 14.6. The Balaban J connectivity index is 1.35. The highest BCUT2D eigenvalue weighted by Crippen LogP contribution is 2.34. The van der Waals surface area contributed by atoms with Crippen LogP contribution in [0.2, 0.25) is 0 Å². The standard InChI is InChI=1S/C33H48O3/c1-4-6-7-10-27-11-13-28(14-12-27)15-16-29-17-21-32(22-18-29)36-33(34)30-19-23-31(24-20-30)35-25-8-9-26(3)5-2/h17-24,26-28H,4-16,25H2,1-3H3/t26-,27-,28-/m0/s1. The van der Waals surface area contributed by atoms with Crippen molar-refractivity contribution in [2.75, 3.05) is 6.61 Å². The van der Waals surface area contributed by atoms with Gasteiger partial charge in [-0.3, -0.25) is 0 Å². The molecule has 0 amide bonds. The fourth-order valence-electron chi connectivity index (χ4n) is 5.27. The number of hydrogen-bond donors (Lipinski definition) is 0. The molecule has 3 heteroatoms. The largest absolute Gasteiger partial charge is 0.494 e. The highest BCUT2D eigenvalue weighted by Gasteiger charge is 2.20. The van der Waals surface area contributed by atoms with Crippen molar-refractivity contribution in [3.8, 4) is 11.5 Å². The van der Waals surface area contributed by atoms with E-state index in [0.717, 1.165) is 36.3 Å². The van der Waals surface area contributed by atoms with Gasteiger partial charge in [0, 0.05) is 0 Å². The van der Waals surface area contributed by atoms with E-state index in [0.29, 0.717) is 17.9 Å². The molecule has 1 aliphatic carbocycles. The van der Waals surface area contributed by atoms with Gasteiger partial charge in [-0.25, -0.2) is 4.79 Å². The molecule has 0 saturated heterocycles. The van der Waals surface area contributed by atoms with Crippen LogP contribution in [0, 0.1) is 17.8 Å². The molecule has 198 valence electrons. The number of carbonyl (C=O) groups is 1. The summed E-state index contributed by atoms with van der Waals surface area (Å²) in [5.41, 5.74) is 1.87. The second kappa shape index (κ2) is 15.7. The van der Waals surface area contributed by atoms with E-state index in [-0.39, 0.29) is 5.97 Å². The number of unbranched alkanes of at least 4 members (excludes halogenated alkanes) is 2. The van der Waals surface area contributed by atoms with E-state index in [1.165, 1.54) is 76.2 Å². The zero-order valence-electron chi connectivity index (χ0n) is 23.0. The smallest absolute Gasteiger partial charge is 0.343 e. The van der Waals surface area contributed by atoms with Crippen LogP contribution < -0.4 is 9.47 Å². The van der Waals surface area contributed by atoms with Gasteiger partial charge in [0.2, 0.25) is 0 Å². The summed E-state index contributed by atoms with van der Waals surface area (Å²) in [5.74, 6) is 3.65. The molecular formula is C33H48O3. The Labute approximate surface area is 220 Å². The van der Waals surface area contributed by atoms with E-state index in [2.05, 4.69) is 32.9 Å². The average Bonchev–Trinajstić information content (AvgIpc) is 2.91. The summed E-state index contributed by atoms with van der Waals surface area (Å²) in [6, 6.07) is 15.3. The van der Waals surface area contributed by atoms with Gasteiger partial charge in [0.25, 0.3) is 0 Å². The molecule has 2 aromatic rings. The number of rotatable bonds is 15. The van der Waals surface area contributed by atoms with Crippen molar-refractivity contribution in [3.05, 3.63) is 59.7 Å². The Morgan fingerprint density at radius 2 is 1.47 bits per heavy atom. The molecule has 1 atom stereocenters. The minimum absolute atomic E-state index is 0.332. The van der Waals surface area contributed by atoms with Gasteiger partial charge in [0.15, 0.2) is 0 Å². The SMILES string of the molecule is CCCCC[C@H]1CC[C@H](CCc2ccc(OC(=O)c3ccc(OCCC[C@@H](C)CC)cc3)cc2)CC1. The van der Waals surface area contributed by atoms with Gasteiger partial charge in [0.1, 0.15) is 11.5 Å². The molecule has 2 aromatic carbocycles. The van der Waals surface area contributed by atoms with Gasteiger partial charge in [-0.2, -0.15) is 0 Å². The molecule has 0 unspecified atom stereocenters. The molecule has 0 radical (unpaired) electrons. The Hall–Kier alpha value is -2.29. The lowest BCUT2D eigenvalue weighted by atomic mass is 9.78. The predicted molar refractivity (Wildman–Crippen MR) is 150 cm³/mol. The summed E-state index contributed by atoms with van der Waals surface area (Å²) < 4.78 is 11.4. The van der Waals surface area contributed by atoms with Gasteiger partial charge < -0.3 is 9.47 Å². The van der Waals surface area contributed by atoms with Gasteiger partial charge in [0.05, 0.1) is 12.2 Å². The Kier molecular flexibility index (Phi) is 12.4. The maximum Gasteiger partial charge on any atom is 0.343 e. The summed E-state index contributed by atoms with van der Waals surface area (Å²) in [7, 11) is 0. The van der Waals surface area contributed by atoms with Crippen LogP contribution >= 0.6 is 0 Å². The highest BCUT2D eigenvalue weighted by atomic mass is 16.5. The molecule has 0 N–H and O–H groups in total. The molecule has 1 saturated carbocycles. The number of hydrogen-bond acceptors (Lipinski definition) is 3. The molecule has 3 nitrogen and oxygen atoms in total. The highest BCUT2D eigenvalue weighted by molar-refractivity contribution is 5.91. The molecule has 0 aromatic heterocycles. The first-order chi connectivity index (χ1) is 17.6. The van der Waals surface area contributed by atoms with E-state index in [4.69, 9.17) is 9.47 Å². The van der Waals surface area contributed by atoms with Crippen LogP contribution in [0.3, 0.4) is 0 Å². The van der Waals surface area contributed by atoms with E-state index < -0.39 is 0 Å². The number of ether oxygens (including phenoxy) is 2. The third kappa shape index (κ3) is 9.99. The quantitative estimate of drug-likeness (QED) is 0.141. The van der Waals surface area contributed by atoms with Crippen LogP contribution in [0.1, 0.15) is 114 Å². The monoisotopic (exact) mass is 492 g/mol. The fourth-order valence-corrected chi connectivity index (χ4v) is 5.27. The van der Waals surface area contributed by atoms with Gasteiger partial charge in [-0.15, -0.1) is 0 Å². The second-order valence-electron chi connectivity index (χ2n) is 11.0. The van der Waals surface area contributed by atoms with Crippen molar-refractivity contribution in [1.82, 2.24) is 0 Å². The summed E-state index contributed by atoms with van der Waals surface area (Å²) in [6.07, 6.45) is 17.0. The molecule has 1 aliphatic rings. The summed E-state index contributed by atoms with van der Waals surface area (Å²) in [6.45, 7) is 7.49. The van der Waals surface area contributed by atoms with Crippen LogP contribution in [0.15, 0.2) is 48.5 Å². The van der Waals surface area contributed by atoms with Crippen molar-refractivity contribution in [1.29, 1.82) is 0 Å². The lowest BCUT2D eigenvalue weighted by Crippen LogP contribution is -2.15. The molecule has 0 spiro atoms. The number of carbonyl (C=O) groups excluding carboxylic acids is 1. The van der Waals surface area contributed by atoms with Gasteiger partial charge >= 0.3 is 5.97 Å². The zero-order chi connectivity index (χ0) is 25.6. The van der Waals surface area contributed by atoms with Crippen LogP contribution in [-0.2, 0) is 6.42 Å². The van der Waals surface area contributed by atoms with Crippen LogP contribution in [0.5, 0.6) is 11.5 Å². The average molecular weight is 493 g/mol. The summed E-state index contributed by atoms with van der Waals surface area (Å²) >= 11 is 0.